The van der Waals surface area contributed by atoms with Crippen molar-refractivity contribution in [2.45, 2.75) is 90.1 Å². The highest BCUT2D eigenvalue weighted by Crippen LogP contribution is 2.11. The number of hydrogen-bond donors (Lipinski definition) is 1. The number of unbranched alkanes of at least 4 members (excludes halogenated alkanes) is 9. The van der Waals surface area contributed by atoms with Crippen LogP contribution in [0, 0.1) is 0 Å². The molecule has 0 amide bonds. The van der Waals surface area contributed by atoms with Crippen LogP contribution in [0.2, 0.25) is 0 Å². The van der Waals surface area contributed by atoms with E-state index in [0.29, 0.717) is 6.04 Å². The van der Waals surface area contributed by atoms with Crippen molar-refractivity contribution in [3.05, 3.63) is 54.6 Å². The molecule has 3 nitrogen and oxygen atoms in total. The molecule has 0 aliphatic heterocycles. The van der Waals surface area contributed by atoms with Gasteiger partial charge < -0.3 is 5.32 Å². The van der Waals surface area contributed by atoms with Gasteiger partial charge >= 0.3 is 0 Å². The van der Waals surface area contributed by atoms with Gasteiger partial charge in [-0.25, -0.2) is 9.13 Å². The number of aryl methyl sites for hydroxylation is 1. The fraction of sp³-hybridized carbons (Fsp3) is 0.640. The van der Waals surface area contributed by atoms with Crippen molar-refractivity contribution < 1.29 is 4.57 Å². The molecular weight excluding hydrogens is 342 g/mol. The van der Waals surface area contributed by atoms with E-state index in [0.717, 1.165) is 19.5 Å². The normalized spacial score (nSPS) is 12.4. The zero-order valence-corrected chi connectivity index (χ0v) is 18.3. The van der Waals surface area contributed by atoms with E-state index in [1.807, 2.05) is 0 Å². The van der Waals surface area contributed by atoms with Gasteiger partial charge in [0.25, 0.3) is 0 Å². The van der Waals surface area contributed by atoms with Crippen LogP contribution in [-0.4, -0.2) is 17.2 Å². The molecule has 0 bridgehead atoms. The molecule has 28 heavy (non-hydrogen) atoms. The Kier molecular flexibility index (Phi) is 11.7. The lowest BCUT2D eigenvalue weighted by molar-refractivity contribution is -0.671. The Morgan fingerprint density at radius 2 is 1.54 bits per heavy atom. The molecule has 2 aromatic rings. The quantitative estimate of drug-likeness (QED) is 0.302. The molecule has 1 atom stereocenters. The van der Waals surface area contributed by atoms with Crippen molar-refractivity contribution in [2.75, 3.05) is 6.54 Å². The third kappa shape index (κ3) is 10.1. The van der Waals surface area contributed by atoms with E-state index >= 15 is 0 Å². The minimum Gasteiger partial charge on any atom is -0.310 e. The second-order valence-electron chi connectivity index (χ2n) is 8.30. The highest BCUT2D eigenvalue weighted by Gasteiger charge is 2.13. The summed E-state index contributed by atoms with van der Waals surface area (Å²) in [6.45, 7) is 4.44. The van der Waals surface area contributed by atoms with Crippen molar-refractivity contribution in [1.29, 1.82) is 0 Å². The summed E-state index contributed by atoms with van der Waals surface area (Å²) in [5.41, 5.74) is 1.42. The predicted molar refractivity (Wildman–Crippen MR) is 119 cm³/mol. The molecule has 0 fully saturated rings. The summed E-state index contributed by atoms with van der Waals surface area (Å²) in [7, 11) is 2.08. The first-order valence-electron chi connectivity index (χ1n) is 11.6. The van der Waals surface area contributed by atoms with Gasteiger partial charge in [0.2, 0.25) is 6.33 Å². The zero-order chi connectivity index (χ0) is 19.9. The van der Waals surface area contributed by atoms with Crippen LogP contribution >= 0.6 is 0 Å². The van der Waals surface area contributed by atoms with E-state index in [4.69, 9.17) is 0 Å². The maximum atomic E-state index is 3.82. The molecule has 2 rings (SSSR count). The molecular formula is C25H42N3+. The smallest absolute Gasteiger partial charge is 0.243 e. The average molecular weight is 385 g/mol. The van der Waals surface area contributed by atoms with E-state index in [9.17, 15) is 0 Å². The molecule has 0 saturated carbocycles. The van der Waals surface area contributed by atoms with Gasteiger partial charge in [-0.15, -0.1) is 0 Å². The molecule has 156 valence electrons. The van der Waals surface area contributed by atoms with E-state index in [1.54, 1.807) is 0 Å². The van der Waals surface area contributed by atoms with Gasteiger partial charge in [0.15, 0.2) is 0 Å². The van der Waals surface area contributed by atoms with Crippen molar-refractivity contribution in [2.24, 2.45) is 7.05 Å². The largest absolute Gasteiger partial charge is 0.310 e. The van der Waals surface area contributed by atoms with Gasteiger partial charge in [0.05, 0.1) is 7.05 Å². The van der Waals surface area contributed by atoms with Crippen molar-refractivity contribution in [3.63, 3.8) is 0 Å². The standard InChI is InChI=1S/C25H42N3/c1-3-4-5-6-7-8-9-10-11-15-18-26-25(21-24-16-13-12-14-17-24)22-28-20-19-27(2)23-28/h12-14,16-17,19-20,23,25-26H,3-11,15,18,21-22H2,1-2H3/q+1/t25-/m0/s1. The summed E-state index contributed by atoms with van der Waals surface area (Å²) in [5.74, 6) is 0. The van der Waals surface area contributed by atoms with Crippen molar-refractivity contribution >= 4 is 0 Å². The molecule has 1 heterocycles. The monoisotopic (exact) mass is 384 g/mol. The number of rotatable bonds is 16. The predicted octanol–water partition coefficient (Wildman–Crippen LogP) is 5.43. The zero-order valence-electron chi connectivity index (χ0n) is 18.3. The number of nitrogens with zero attached hydrogens (tertiary/aromatic N) is 2. The van der Waals surface area contributed by atoms with E-state index in [-0.39, 0.29) is 0 Å². The van der Waals surface area contributed by atoms with Crippen LogP contribution in [0.25, 0.3) is 0 Å². The van der Waals surface area contributed by atoms with Gasteiger partial charge in [-0.2, -0.15) is 0 Å². The molecule has 0 aliphatic carbocycles. The summed E-state index contributed by atoms with van der Waals surface area (Å²) in [5, 5.41) is 3.82. The lowest BCUT2D eigenvalue weighted by Gasteiger charge is -2.17. The minimum absolute atomic E-state index is 0.480. The number of nitrogens with one attached hydrogen (secondary N) is 1. The average Bonchev–Trinajstić information content (AvgIpc) is 3.11. The third-order valence-electron chi connectivity index (χ3n) is 5.54. The van der Waals surface area contributed by atoms with E-state index in [1.165, 1.54) is 69.8 Å². The summed E-state index contributed by atoms with van der Waals surface area (Å²) < 4.78 is 4.40. The van der Waals surface area contributed by atoms with Crippen LogP contribution in [0.15, 0.2) is 49.1 Å². The Morgan fingerprint density at radius 1 is 0.893 bits per heavy atom. The van der Waals surface area contributed by atoms with Crippen LogP contribution in [0.4, 0.5) is 0 Å². The molecule has 1 aromatic carbocycles. The minimum atomic E-state index is 0.480. The SMILES string of the molecule is CCCCCCCCCCCCN[C@@H](Cc1ccccc1)Cn1cc[n+](C)c1. The van der Waals surface area contributed by atoms with Crippen LogP contribution in [0.5, 0.6) is 0 Å². The third-order valence-corrected chi connectivity index (χ3v) is 5.54. The van der Waals surface area contributed by atoms with Crippen LogP contribution < -0.4 is 9.88 Å². The Bertz CT molecular complexity index is 605. The maximum absolute atomic E-state index is 3.82. The summed E-state index contributed by atoms with van der Waals surface area (Å²) in [6, 6.07) is 11.3. The van der Waals surface area contributed by atoms with Crippen LogP contribution in [0.1, 0.15) is 76.7 Å². The Morgan fingerprint density at radius 3 is 2.14 bits per heavy atom. The van der Waals surface area contributed by atoms with Crippen molar-refractivity contribution in [3.8, 4) is 0 Å². The number of aromatic nitrogens is 2. The van der Waals surface area contributed by atoms with E-state index < -0.39 is 0 Å². The Labute approximate surface area is 173 Å². The first kappa shape index (κ1) is 22.7. The summed E-state index contributed by atoms with van der Waals surface area (Å²) >= 11 is 0. The van der Waals surface area contributed by atoms with Gasteiger partial charge in [-0.05, 0) is 24.9 Å². The fourth-order valence-electron chi connectivity index (χ4n) is 3.88. The van der Waals surface area contributed by atoms with Gasteiger partial charge in [0, 0.05) is 6.04 Å². The molecule has 1 aromatic heterocycles. The summed E-state index contributed by atoms with van der Waals surface area (Å²) in [6.07, 6.45) is 21.5. The molecule has 3 heteroatoms. The molecule has 0 spiro atoms. The van der Waals surface area contributed by atoms with Gasteiger partial charge in [0.1, 0.15) is 18.9 Å². The molecule has 0 saturated heterocycles. The molecule has 1 N–H and O–H groups in total. The lowest BCUT2D eigenvalue weighted by Crippen LogP contribution is -2.36. The lowest BCUT2D eigenvalue weighted by atomic mass is 10.0. The highest BCUT2D eigenvalue weighted by atomic mass is 15.1. The Balaban J connectivity index is 1.62. The van der Waals surface area contributed by atoms with E-state index in [2.05, 4.69) is 77.5 Å². The molecule has 0 aliphatic rings. The number of benzene rings is 1. The topological polar surface area (TPSA) is 20.8 Å². The number of imidazole rings is 1. The van der Waals surface area contributed by atoms with Gasteiger partial charge in [-0.1, -0.05) is 95.0 Å². The highest BCUT2D eigenvalue weighted by molar-refractivity contribution is 5.15. The second kappa shape index (κ2) is 14.4. The maximum Gasteiger partial charge on any atom is 0.243 e. The van der Waals surface area contributed by atoms with Crippen molar-refractivity contribution in [1.82, 2.24) is 9.88 Å². The first-order chi connectivity index (χ1) is 13.8. The van der Waals surface area contributed by atoms with Crippen LogP contribution in [-0.2, 0) is 20.0 Å². The molecule has 0 unspecified atom stereocenters. The Hall–Kier alpha value is -1.61. The summed E-state index contributed by atoms with van der Waals surface area (Å²) in [4.78, 5) is 0. The number of hydrogen-bond acceptors (Lipinski definition) is 1. The first-order valence-corrected chi connectivity index (χ1v) is 11.6. The fourth-order valence-corrected chi connectivity index (χ4v) is 3.88. The molecule has 0 radical (unpaired) electrons. The van der Waals surface area contributed by atoms with Gasteiger partial charge in [-0.3, -0.25) is 0 Å². The van der Waals surface area contributed by atoms with Crippen LogP contribution in [0.3, 0.4) is 0 Å². The second-order valence-corrected chi connectivity index (χ2v) is 8.30.